The third-order valence-corrected chi connectivity index (χ3v) is 3.97. The normalized spacial score (nSPS) is 20.4. The number of nitro groups is 1. The van der Waals surface area contributed by atoms with Crippen molar-refractivity contribution in [2.75, 3.05) is 4.90 Å². The van der Waals surface area contributed by atoms with E-state index in [0.29, 0.717) is 18.1 Å². The van der Waals surface area contributed by atoms with Crippen LogP contribution in [0.15, 0.2) is 42.7 Å². The van der Waals surface area contributed by atoms with Gasteiger partial charge < -0.3 is 5.11 Å². The number of non-ortho nitro benzene ring substituents is 1. The van der Waals surface area contributed by atoms with Crippen molar-refractivity contribution in [3.8, 4) is 0 Å². The highest BCUT2D eigenvalue weighted by molar-refractivity contribution is 5.44. The quantitative estimate of drug-likeness (QED) is 0.518. The summed E-state index contributed by atoms with van der Waals surface area (Å²) in [6.07, 6.45) is 3.55. The molecule has 2 aromatic rings. The molecule has 1 atom stereocenters. The van der Waals surface area contributed by atoms with E-state index in [1.807, 2.05) is 42.5 Å². The molecule has 1 aromatic heterocycles. The van der Waals surface area contributed by atoms with Crippen LogP contribution >= 0.6 is 0 Å². The maximum atomic E-state index is 11.4. The molecule has 0 saturated heterocycles. The number of rotatable bonds is 2. The number of hydrogen-bond acceptors (Lipinski definition) is 5. The van der Waals surface area contributed by atoms with E-state index in [0.717, 1.165) is 0 Å². The maximum Gasteiger partial charge on any atom is 0.397 e. The zero-order valence-electron chi connectivity index (χ0n) is 13.3. The molecule has 3 rings (SSSR count). The fourth-order valence-electron chi connectivity index (χ4n) is 3.10. The number of benzene rings is 1. The van der Waals surface area contributed by atoms with Crippen LogP contribution in [0.2, 0.25) is 0 Å². The van der Waals surface area contributed by atoms with Crippen molar-refractivity contribution < 1.29 is 14.6 Å². The van der Waals surface area contributed by atoms with Gasteiger partial charge in [0.05, 0.1) is 16.7 Å². The van der Waals surface area contributed by atoms with E-state index in [9.17, 15) is 15.2 Å². The zero-order chi connectivity index (χ0) is 16.8. The van der Waals surface area contributed by atoms with Gasteiger partial charge in [-0.15, -0.1) is 0 Å². The number of fused-ring (bicyclic) bond motifs is 1. The Morgan fingerprint density at radius 1 is 1.35 bits per heavy atom. The lowest BCUT2D eigenvalue weighted by Crippen LogP contribution is -2.54. The molecule has 1 N–H and O–H groups in total. The molecule has 7 heteroatoms. The SMILES string of the molecule is CC(C)(C)N1c2nccc[n+]2C[C@@]1(O)c1ccc([N+](=O)[O-])cc1. The third kappa shape index (κ3) is 2.43. The monoisotopic (exact) mass is 315 g/mol. The number of hydrogen-bond donors (Lipinski definition) is 1. The van der Waals surface area contributed by atoms with Gasteiger partial charge in [0.25, 0.3) is 5.69 Å². The molecule has 2 heterocycles. The summed E-state index contributed by atoms with van der Waals surface area (Å²) in [5, 5.41) is 22.2. The summed E-state index contributed by atoms with van der Waals surface area (Å²) in [5.41, 5.74) is -1.10. The second-order valence-corrected chi connectivity index (χ2v) is 6.67. The van der Waals surface area contributed by atoms with Gasteiger partial charge in [-0.2, -0.15) is 0 Å². The van der Waals surface area contributed by atoms with Crippen molar-refractivity contribution in [2.24, 2.45) is 0 Å². The fourth-order valence-corrected chi connectivity index (χ4v) is 3.10. The predicted octanol–water partition coefficient (Wildman–Crippen LogP) is 1.74. The van der Waals surface area contributed by atoms with E-state index in [2.05, 4.69) is 4.98 Å². The smallest absolute Gasteiger partial charge is 0.353 e. The van der Waals surface area contributed by atoms with E-state index in [-0.39, 0.29) is 11.2 Å². The minimum atomic E-state index is -1.31. The molecular formula is C16H19N4O3+. The zero-order valence-corrected chi connectivity index (χ0v) is 13.3. The Morgan fingerprint density at radius 2 is 2.00 bits per heavy atom. The van der Waals surface area contributed by atoms with Gasteiger partial charge in [-0.05, 0) is 32.9 Å². The largest absolute Gasteiger partial charge is 0.397 e. The first-order chi connectivity index (χ1) is 10.7. The molecule has 0 saturated carbocycles. The van der Waals surface area contributed by atoms with E-state index >= 15 is 0 Å². The molecular weight excluding hydrogens is 296 g/mol. The Labute approximate surface area is 134 Å². The Balaban J connectivity index is 2.11. The second kappa shape index (κ2) is 4.99. The second-order valence-electron chi connectivity index (χ2n) is 6.67. The van der Waals surface area contributed by atoms with Crippen LogP contribution in [0.25, 0.3) is 0 Å². The summed E-state index contributed by atoms with van der Waals surface area (Å²) in [4.78, 5) is 16.6. The standard InChI is InChI=1S/C16H19N4O3/c1-15(2,3)19-14-17-9-4-10-18(14)11-16(19,21)12-5-7-13(8-6-12)20(22)23/h4-10,21H,11H2,1-3H3/q+1/t16-/m1/s1. The van der Waals surface area contributed by atoms with Crippen LogP contribution in [0.5, 0.6) is 0 Å². The molecule has 0 unspecified atom stereocenters. The van der Waals surface area contributed by atoms with Gasteiger partial charge in [0.1, 0.15) is 12.7 Å². The summed E-state index contributed by atoms with van der Waals surface area (Å²) in [6.45, 7) is 6.29. The van der Waals surface area contributed by atoms with Crippen LogP contribution in [0.3, 0.4) is 0 Å². The van der Waals surface area contributed by atoms with Crippen LogP contribution in [0.1, 0.15) is 26.3 Å². The molecule has 120 valence electrons. The van der Waals surface area contributed by atoms with Crippen molar-refractivity contribution in [2.45, 2.75) is 38.6 Å². The van der Waals surface area contributed by atoms with Crippen molar-refractivity contribution in [3.05, 3.63) is 58.4 Å². The molecule has 1 aliphatic rings. The van der Waals surface area contributed by atoms with Gasteiger partial charge >= 0.3 is 5.95 Å². The van der Waals surface area contributed by atoms with Gasteiger partial charge in [0.2, 0.25) is 5.72 Å². The molecule has 0 radical (unpaired) electrons. The fraction of sp³-hybridized carbons (Fsp3) is 0.375. The highest BCUT2D eigenvalue weighted by atomic mass is 16.6. The minimum Gasteiger partial charge on any atom is -0.353 e. The molecule has 23 heavy (non-hydrogen) atoms. The minimum absolute atomic E-state index is 0.000878. The van der Waals surface area contributed by atoms with E-state index < -0.39 is 10.6 Å². The van der Waals surface area contributed by atoms with E-state index in [4.69, 9.17) is 0 Å². The van der Waals surface area contributed by atoms with Crippen LogP contribution < -0.4 is 9.47 Å². The molecule has 0 amide bonds. The third-order valence-electron chi connectivity index (χ3n) is 3.97. The Kier molecular flexibility index (Phi) is 3.33. The van der Waals surface area contributed by atoms with E-state index in [1.54, 1.807) is 18.3 Å². The van der Waals surface area contributed by atoms with Crippen LogP contribution in [-0.4, -0.2) is 20.6 Å². The molecule has 0 bridgehead atoms. The summed E-state index contributed by atoms with van der Waals surface area (Å²) >= 11 is 0. The molecule has 0 spiro atoms. The first-order valence-electron chi connectivity index (χ1n) is 7.35. The first kappa shape index (κ1) is 15.4. The summed E-state index contributed by atoms with van der Waals surface area (Å²) in [7, 11) is 0. The highest BCUT2D eigenvalue weighted by Gasteiger charge is 2.56. The van der Waals surface area contributed by atoms with Gasteiger partial charge in [-0.3, -0.25) is 10.1 Å². The van der Waals surface area contributed by atoms with Crippen LogP contribution in [-0.2, 0) is 12.3 Å². The Morgan fingerprint density at radius 3 is 2.57 bits per heavy atom. The molecule has 1 aliphatic heterocycles. The molecule has 7 nitrogen and oxygen atoms in total. The maximum absolute atomic E-state index is 11.4. The number of nitrogens with zero attached hydrogens (tertiary/aromatic N) is 4. The lowest BCUT2D eigenvalue weighted by molar-refractivity contribution is -0.685. The lowest BCUT2D eigenvalue weighted by atomic mass is 9.96. The number of aliphatic hydroxyl groups is 1. The summed E-state index contributed by atoms with van der Waals surface area (Å²) < 4.78 is 1.88. The topological polar surface area (TPSA) is 83.4 Å². The van der Waals surface area contributed by atoms with Gasteiger partial charge in [-0.25, -0.2) is 9.47 Å². The Hall–Kier alpha value is -2.54. The van der Waals surface area contributed by atoms with Crippen molar-refractivity contribution >= 4 is 11.6 Å². The average molecular weight is 315 g/mol. The van der Waals surface area contributed by atoms with Gasteiger partial charge in [0, 0.05) is 23.8 Å². The van der Waals surface area contributed by atoms with Gasteiger partial charge in [0.15, 0.2) is 0 Å². The molecule has 1 aromatic carbocycles. The molecule has 0 aliphatic carbocycles. The van der Waals surface area contributed by atoms with Crippen LogP contribution in [0, 0.1) is 10.1 Å². The lowest BCUT2D eigenvalue weighted by Gasteiger charge is -2.37. The number of nitro benzene ring substituents is 1. The number of aromatic nitrogens is 2. The first-order valence-corrected chi connectivity index (χ1v) is 7.35. The van der Waals surface area contributed by atoms with Crippen molar-refractivity contribution in [1.82, 2.24) is 4.98 Å². The average Bonchev–Trinajstić information content (AvgIpc) is 2.80. The highest BCUT2D eigenvalue weighted by Crippen LogP contribution is 2.39. The predicted molar refractivity (Wildman–Crippen MR) is 83.7 cm³/mol. The summed E-state index contributed by atoms with van der Waals surface area (Å²) in [5.74, 6) is 0.667. The van der Waals surface area contributed by atoms with Crippen LogP contribution in [0.4, 0.5) is 11.6 Å². The Bertz CT molecular complexity index is 755. The number of anilines is 1. The van der Waals surface area contributed by atoms with Crippen molar-refractivity contribution in [3.63, 3.8) is 0 Å². The van der Waals surface area contributed by atoms with E-state index in [1.165, 1.54) is 12.1 Å². The van der Waals surface area contributed by atoms with Gasteiger partial charge in [-0.1, -0.05) is 4.98 Å². The van der Waals surface area contributed by atoms with Crippen molar-refractivity contribution in [1.29, 1.82) is 0 Å². The molecule has 0 fully saturated rings. The summed E-state index contributed by atoms with van der Waals surface area (Å²) in [6, 6.07) is 7.84.